The van der Waals surface area contributed by atoms with Gasteiger partial charge in [-0.05, 0) is 6.92 Å². The molecule has 1 N–H and O–H groups in total. The second kappa shape index (κ2) is 7.03. The Morgan fingerprint density at radius 2 is 1.75 bits per heavy atom. The van der Waals surface area contributed by atoms with Crippen LogP contribution < -0.4 is 0 Å². The lowest BCUT2D eigenvalue weighted by atomic mass is 10.4. The van der Waals surface area contributed by atoms with Gasteiger partial charge in [-0.2, -0.15) is 0 Å². The Bertz CT molecular complexity index is 118. The van der Waals surface area contributed by atoms with Crippen LogP contribution in [0.15, 0.2) is 25.3 Å². The molecule has 0 aliphatic carbocycles. The van der Waals surface area contributed by atoms with Gasteiger partial charge < -0.3 is 14.6 Å². The third kappa shape index (κ3) is 5.07. The summed E-state index contributed by atoms with van der Waals surface area (Å²) in [6, 6.07) is 0. The number of ether oxygens (including phenoxy) is 2. The summed E-state index contributed by atoms with van der Waals surface area (Å²) in [5, 5.41) is 9.25. The van der Waals surface area contributed by atoms with E-state index in [0.29, 0.717) is 13.2 Å². The first kappa shape index (κ1) is 11.4. The van der Waals surface area contributed by atoms with Crippen LogP contribution in [0.2, 0.25) is 0 Å². The summed E-state index contributed by atoms with van der Waals surface area (Å²) in [4.78, 5) is 0. The highest BCUT2D eigenvalue weighted by atomic mass is 16.6. The zero-order valence-corrected chi connectivity index (χ0v) is 7.40. The molecule has 0 aliphatic rings. The molecule has 70 valence electrons. The minimum atomic E-state index is -0.900. The molecule has 0 saturated carbocycles. The van der Waals surface area contributed by atoms with Crippen LogP contribution in [-0.2, 0) is 9.47 Å². The van der Waals surface area contributed by atoms with E-state index in [9.17, 15) is 5.11 Å². The number of rotatable bonds is 7. The molecule has 12 heavy (non-hydrogen) atoms. The Morgan fingerprint density at radius 3 is 2.25 bits per heavy atom. The molecule has 0 radical (unpaired) electrons. The Labute approximate surface area is 73.3 Å². The number of aliphatic hydroxyl groups is 1. The van der Waals surface area contributed by atoms with E-state index in [2.05, 4.69) is 13.2 Å². The summed E-state index contributed by atoms with van der Waals surface area (Å²) in [6.07, 6.45) is 1.95. The maximum absolute atomic E-state index is 9.25. The quantitative estimate of drug-likeness (QED) is 0.461. The number of hydrogen-bond donors (Lipinski definition) is 1. The van der Waals surface area contributed by atoms with Crippen molar-refractivity contribution in [3.8, 4) is 0 Å². The van der Waals surface area contributed by atoms with Crippen LogP contribution in [0.25, 0.3) is 0 Å². The van der Waals surface area contributed by atoms with Crippen molar-refractivity contribution in [1.82, 2.24) is 0 Å². The van der Waals surface area contributed by atoms with Gasteiger partial charge in [0.25, 0.3) is 0 Å². The van der Waals surface area contributed by atoms with E-state index >= 15 is 0 Å². The molecule has 0 aromatic rings. The van der Waals surface area contributed by atoms with Gasteiger partial charge in [0, 0.05) is 0 Å². The lowest BCUT2D eigenvalue weighted by Crippen LogP contribution is -2.28. The van der Waals surface area contributed by atoms with Gasteiger partial charge in [0.05, 0.1) is 13.2 Å². The SMILES string of the molecule is C=CCOC(C)C(O)OCC=C. The Morgan fingerprint density at radius 1 is 1.25 bits per heavy atom. The molecule has 2 unspecified atom stereocenters. The van der Waals surface area contributed by atoms with Gasteiger partial charge in [0.15, 0.2) is 6.29 Å². The van der Waals surface area contributed by atoms with Gasteiger partial charge in [-0.3, -0.25) is 0 Å². The second-order valence-electron chi connectivity index (χ2n) is 2.34. The van der Waals surface area contributed by atoms with Crippen LogP contribution in [-0.4, -0.2) is 30.7 Å². The fourth-order valence-corrected chi connectivity index (χ4v) is 0.604. The number of aliphatic hydroxyl groups excluding tert-OH is 1. The first-order valence-electron chi connectivity index (χ1n) is 3.85. The smallest absolute Gasteiger partial charge is 0.181 e. The van der Waals surface area contributed by atoms with Crippen molar-refractivity contribution in [2.45, 2.75) is 19.3 Å². The van der Waals surface area contributed by atoms with Gasteiger partial charge in [-0.15, -0.1) is 13.2 Å². The van der Waals surface area contributed by atoms with Gasteiger partial charge >= 0.3 is 0 Å². The Kier molecular flexibility index (Phi) is 6.66. The standard InChI is InChI=1S/C9H16O3/c1-4-6-11-8(3)9(10)12-7-5-2/h4-5,8-10H,1-2,6-7H2,3H3. The maximum Gasteiger partial charge on any atom is 0.181 e. The molecule has 2 atom stereocenters. The van der Waals surface area contributed by atoms with Crippen molar-refractivity contribution in [2.75, 3.05) is 13.2 Å². The maximum atomic E-state index is 9.25. The third-order valence-electron chi connectivity index (χ3n) is 1.26. The monoisotopic (exact) mass is 172 g/mol. The fraction of sp³-hybridized carbons (Fsp3) is 0.556. The van der Waals surface area contributed by atoms with E-state index in [1.807, 2.05) is 0 Å². The minimum absolute atomic E-state index is 0.322. The summed E-state index contributed by atoms with van der Waals surface area (Å²) >= 11 is 0. The van der Waals surface area contributed by atoms with Crippen LogP contribution >= 0.6 is 0 Å². The van der Waals surface area contributed by atoms with E-state index in [1.165, 1.54) is 0 Å². The summed E-state index contributed by atoms with van der Waals surface area (Å²) in [5.41, 5.74) is 0. The van der Waals surface area contributed by atoms with Crippen LogP contribution in [0.3, 0.4) is 0 Å². The van der Waals surface area contributed by atoms with E-state index in [-0.39, 0.29) is 6.10 Å². The molecule has 0 aromatic heterocycles. The molecule has 0 bridgehead atoms. The molecule has 0 fully saturated rings. The van der Waals surface area contributed by atoms with Crippen molar-refractivity contribution in [3.63, 3.8) is 0 Å². The van der Waals surface area contributed by atoms with Crippen LogP contribution in [0, 0.1) is 0 Å². The van der Waals surface area contributed by atoms with Crippen molar-refractivity contribution >= 4 is 0 Å². The molecule has 0 rings (SSSR count). The molecule has 0 heterocycles. The highest BCUT2D eigenvalue weighted by molar-refractivity contribution is 4.68. The van der Waals surface area contributed by atoms with Gasteiger partial charge in [0.2, 0.25) is 0 Å². The molecule has 3 heteroatoms. The summed E-state index contributed by atoms with van der Waals surface area (Å²) in [7, 11) is 0. The minimum Gasteiger partial charge on any atom is -0.369 e. The Hall–Kier alpha value is -0.640. The van der Waals surface area contributed by atoms with Crippen LogP contribution in [0.4, 0.5) is 0 Å². The zero-order chi connectivity index (χ0) is 9.40. The largest absolute Gasteiger partial charge is 0.369 e. The van der Waals surface area contributed by atoms with E-state index < -0.39 is 6.29 Å². The van der Waals surface area contributed by atoms with Gasteiger partial charge in [-0.1, -0.05) is 12.2 Å². The molecule has 3 nitrogen and oxygen atoms in total. The first-order chi connectivity index (χ1) is 5.72. The molecule has 0 spiro atoms. The van der Waals surface area contributed by atoms with Crippen molar-refractivity contribution in [2.24, 2.45) is 0 Å². The highest BCUT2D eigenvalue weighted by Crippen LogP contribution is 2.00. The molecule has 0 saturated heterocycles. The average molecular weight is 172 g/mol. The Balaban J connectivity index is 3.52. The fourth-order valence-electron chi connectivity index (χ4n) is 0.604. The van der Waals surface area contributed by atoms with E-state index in [0.717, 1.165) is 0 Å². The first-order valence-corrected chi connectivity index (χ1v) is 3.85. The molecular formula is C9H16O3. The molecular weight excluding hydrogens is 156 g/mol. The van der Waals surface area contributed by atoms with Crippen molar-refractivity contribution < 1.29 is 14.6 Å². The second-order valence-corrected chi connectivity index (χ2v) is 2.34. The van der Waals surface area contributed by atoms with Crippen molar-refractivity contribution in [3.05, 3.63) is 25.3 Å². The van der Waals surface area contributed by atoms with E-state index in [4.69, 9.17) is 9.47 Å². The number of hydrogen-bond acceptors (Lipinski definition) is 3. The topological polar surface area (TPSA) is 38.7 Å². The average Bonchev–Trinajstić information content (AvgIpc) is 2.10. The normalized spacial score (nSPS) is 15.2. The molecule has 0 amide bonds. The zero-order valence-electron chi connectivity index (χ0n) is 7.40. The van der Waals surface area contributed by atoms with Crippen LogP contribution in [0.1, 0.15) is 6.92 Å². The highest BCUT2D eigenvalue weighted by Gasteiger charge is 2.13. The predicted molar refractivity (Wildman–Crippen MR) is 47.8 cm³/mol. The van der Waals surface area contributed by atoms with E-state index in [1.54, 1.807) is 19.1 Å². The summed E-state index contributed by atoms with van der Waals surface area (Å²) in [6.45, 7) is 9.42. The van der Waals surface area contributed by atoms with Gasteiger partial charge in [0.1, 0.15) is 6.10 Å². The summed E-state index contributed by atoms with van der Waals surface area (Å²) in [5.74, 6) is 0. The lowest BCUT2D eigenvalue weighted by Gasteiger charge is -2.18. The molecule has 0 aliphatic heterocycles. The lowest BCUT2D eigenvalue weighted by molar-refractivity contribution is -0.163. The van der Waals surface area contributed by atoms with Crippen LogP contribution in [0.5, 0.6) is 0 Å². The summed E-state index contributed by atoms with van der Waals surface area (Å²) < 4.78 is 10.1. The molecule has 0 aromatic carbocycles. The van der Waals surface area contributed by atoms with Crippen molar-refractivity contribution in [1.29, 1.82) is 0 Å². The van der Waals surface area contributed by atoms with Gasteiger partial charge in [-0.25, -0.2) is 0 Å². The third-order valence-corrected chi connectivity index (χ3v) is 1.26. The predicted octanol–water partition coefficient (Wildman–Crippen LogP) is 1.10.